The number of carbonyl (C=O) groups is 2. The summed E-state index contributed by atoms with van der Waals surface area (Å²) in [6, 6.07) is 9.25. The molecule has 3 atom stereocenters. The summed E-state index contributed by atoms with van der Waals surface area (Å²) in [5.74, 6) is 0.0192. The third-order valence-corrected chi connectivity index (χ3v) is 5.51. The van der Waals surface area contributed by atoms with Crippen LogP contribution in [-0.4, -0.2) is 66.5 Å². The van der Waals surface area contributed by atoms with Crippen molar-refractivity contribution < 1.29 is 14.3 Å². The Bertz CT molecular complexity index is 608. The number of rotatable bonds is 5. The van der Waals surface area contributed by atoms with Gasteiger partial charge in [0.15, 0.2) is 0 Å². The lowest BCUT2D eigenvalue weighted by molar-refractivity contribution is -0.139. The molecule has 2 amide bonds. The number of fused-ring (bicyclic) bond motifs is 2. The van der Waals surface area contributed by atoms with E-state index in [2.05, 4.69) is 0 Å². The summed E-state index contributed by atoms with van der Waals surface area (Å²) < 4.78 is 5.02. The highest BCUT2D eigenvalue weighted by Crippen LogP contribution is 2.38. The first-order valence-corrected chi connectivity index (χ1v) is 8.91. The summed E-state index contributed by atoms with van der Waals surface area (Å²) in [4.78, 5) is 29.1. The molecule has 2 fully saturated rings. The molecule has 1 aromatic carbocycles. The highest BCUT2D eigenvalue weighted by molar-refractivity contribution is 5.94. The van der Waals surface area contributed by atoms with Gasteiger partial charge < -0.3 is 20.3 Å². The van der Waals surface area contributed by atoms with E-state index in [1.165, 1.54) is 0 Å². The van der Waals surface area contributed by atoms with Gasteiger partial charge in [-0.15, -0.1) is 0 Å². The second kappa shape index (κ2) is 7.54. The van der Waals surface area contributed by atoms with E-state index in [1.807, 2.05) is 47.2 Å². The largest absolute Gasteiger partial charge is 0.383 e. The van der Waals surface area contributed by atoms with Crippen molar-refractivity contribution in [3.63, 3.8) is 0 Å². The van der Waals surface area contributed by atoms with Gasteiger partial charge >= 0.3 is 0 Å². The maximum Gasteiger partial charge on any atom is 0.253 e. The molecule has 3 unspecified atom stereocenters. The molecule has 136 valence electrons. The summed E-state index contributed by atoms with van der Waals surface area (Å²) in [6.45, 7) is 0.241. The number of ether oxygens (including phenoxy) is 1. The van der Waals surface area contributed by atoms with Crippen molar-refractivity contribution in [2.75, 3.05) is 20.8 Å². The van der Waals surface area contributed by atoms with Crippen LogP contribution in [0, 0.1) is 0 Å². The summed E-state index contributed by atoms with van der Waals surface area (Å²) in [6.07, 6.45) is 3.61. The topological polar surface area (TPSA) is 75.9 Å². The minimum atomic E-state index is -0.603. The third-order valence-electron chi connectivity index (χ3n) is 5.51. The maximum absolute atomic E-state index is 12.7. The number of methoxy groups -OCH3 is 1. The molecule has 0 aromatic heterocycles. The molecule has 2 aliphatic rings. The molecule has 2 heterocycles. The minimum absolute atomic E-state index is 0.0233. The first-order valence-electron chi connectivity index (χ1n) is 8.91. The van der Waals surface area contributed by atoms with E-state index in [1.54, 1.807) is 7.11 Å². The van der Waals surface area contributed by atoms with Crippen molar-refractivity contribution in [3.8, 4) is 0 Å². The smallest absolute Gasteiger partial charge is 0.253 e. The standard InChI is InChI=1S/C19H27N3O3/c1-21(18(23)13-6-4-3-5-7-13)16-10-14-8-9-15(11-16)22(14)19(24)17(20)12-25-2/h3-7,14-17H,8-12,20H2,1-2H3. The van der Waals surface area contributed by atoms with Crippen LogP contribution >= 0.6 is 0 Å². The molecule has 3 rings (SSSR count). The van der Waals surface area contributed by atoms with E-state index in [9.17, 15) is 9.59 Å². The third kappa shape index (κ3) is 3.55. The molecule has 6 heteroatoms. The number of carbonyl (C=O) groups excluding carboxylic acids is 2. The fourth-order valence-electron chi connectivity index (χ4n) is 4.22. The summed E-state index contributed by atoms with van der Waals surface area (Å²) in [5.41, 5.74) is 6.66. The second-order valence-corrected chi connectivity index (χ2v) is 7.10. The molecule has 2 aliphatic heterocycles. The maximum atomic E-state index is 12.7. The van der Waals surface area contributed by atoms with Crippen LogP contribution in [-0.2, 0) is 9.53 Å². The summed E-state index contributed by atoms with van der Waals surface area (Å²) >= 11 is 0. The van der Waals surface area contributed by atoms with E-state index >= 15 is 0 Å². The van der Waals surface area contributed by atoms with Crippen molar-refractivity contribution in [2.45, 2.75) is 49.9 Å². The number of benzene rings is 1. The molecular formula is C19H27N3O3. The molecular weight excluding hydrogens is 318 g/mol. The Kier molecular flexibility index (Phi) is 5.39. The van der Waals surface area contributed by atoms with Gasteiger partial charge in [-0.3, -0.25) is 9.59 Å². The predicted octanol–water partition coefficient (Wildman–Crippen LogP) is 1.25. The van der Waals surface area contributed by atoms with Crippen molar-refractivity contribution in [2.24, 2.45) is 5.73 Å². The number of hydrogen-bond acceptors (Lipinski definition) is 4. The van der Waals surface area contributed by atoms with E-state index < -0.39 is 6.04 Å². The number of nitrogens with zero attached hydrogens (tertiary/aromatic N) is 2. The zero-order valence-corrected chi connectivity index (χ0v) is 14.9. The van der Waals surface area contributed by atoms with Crippen LogP contribution in [0.25, 0.3) is 0 Å². The SMILES string of the molecule is COCC(N)C(=O)N1C2CCC1CC(N(C)C(=O)c1ccccc1)C2. The average Bonchev–Trinajstić information content (AvgIpc) is 2.90. The lowest BCUT2D eigenvalue weighted by Crippen LogP contribution is -2.57. The van der Waals surface area contributed by atoms with Gasteiger partial charge in [0.2, 0.25) is 5.91 Å². The molecule has 1 aromatic rings. The number of piperidine rings is 1. The van der Waals surface area contributed by atoms with Gasteiger partial charge in [-0.25, -0.2) is 0 Å². The van der Waals surface area contributed by atoms with E-state index in [-0.39, 0.29) is 36.5 Å². The van der Waals surface area contributed by atoms with Crippen LogP contribution < -0.4 is 5.73 Å². The molecule has 2 saturated heterocycles. The van der Waals surface area contributed by atoms with E-state index in [0.717, 1.165) is 25.7 Å². The van der Waals surface area contributed by atoms with Crippen LogP contribution in [0.1, 0.15) is 36.0 Å². The van der Waals surface area contributed by atoms with Gasteiger partial charge in [0.05, 0.1) is 6.61 Å². The molecule has 0 saturated carbocycles. The monoisotopic (exact) mass is 345 g/mol. The van der Waals surface area contributed by atoms with Crippen LogP contribution in [0.2, 0.25) is 0 Å². The Balaban J connectivity index is 1.67. The van der Waals surface area contributed by atoms with Gasteiger partial charge in [0, 0.05) is 37.8 Å². The van der Waals surface area contributed by atoms with Crippen molar-refractivity contribution >= 4 is 11.8 Å². The predicted molar refractivity (Wildman–Crippen MR) is 95.1 cm³/mol. The highest BCUT2D eigenvalue weighted by atomic mass is 16.5. The average molecular weight is 345 g/mol. The Morgan fingerprint density at radius 2 is 1.84 bits per heavy atom. The fraction of sp³-hybridized carbons (Fsp3) is 0.579. The van der Waals surface area contributed by atoms with Gasteiger partial charge in [-0.2, -0.15) is 0 Å². The van der Waals surface area contributed by atoms with Crippen molar-refractivity contribution in [1.29, 1.82) is 0 Å². The lowest BCUT2D eigenvalue weighted by atomic mass is 9.95. The Labute approximate surface area is 148 Å². The van der Waals surface area contributed by atoms with Crippen molar-refractivity contribution in [1.82, 2.24) is 9.80 Å². The zero-order valence-electron chi connectivity index (χ0n) is 14.9. The van der Waals surface area contributed by atoms with E-state index in [0.29, 0.717) is 5.56 Å². The van der Waals surface area contributed by atoms with Gasteiger partial charge in [0.1, 0.15) is 6.04 Å². The Morgan fingerprint density at radius 3 is 2.40 bits per heavy atom. The molecule has 0 radical (unpaired) electrons. The van der Waals surface area contributed by atoms with Crippen LogP contribution in [0.3, 0.4) is 0 Å². The quantitative estimate of drug-likeness (QED) is 0.871. The first kappa shape index (κ1) is 17.9. The molecule has 2 bridgehead atoms. The van der Waals surface area contributed by atoms with Crippen LogP contribution in [0.15, 0.2) is 30.3 Å². The second-order valence-electron chi connectivity index (χ2n) is 7.10. The van der Waals surface area contributed by atoms with Gasteiger partial charge in [-0.1, -0.05) is 18.2 Å². The molecule has 0 spiro atoms. The number of hydrogen-bond donors (Lipinski definition) is 1. The molecule has 2 N–H and O–H groups in total. The number of nitrogens with two attached hydrogens (primary N) is 1. The molecule has 6 nitrogen and oxygen atoms in total. The fourth-order valence-corrected chi connectivity index (χ4v) is 4.22. The van der Waals surface area contributed by atoms with Gasteiger partial charge in [0.25, 0.3) is 5.91 Å². The lowest BCUT2D eigenvalue weighted by Gasteiger charge is -2.43. The normalized spacial score (nSPS) is 26.4. The molecule has 0 aliphatic carbocycles. The Hall–Kier alpha value is -1.92. The van der Waals surface area contributed by atoms with Gasteiger partial charge in [-0.05, 0) is 37.8 Å². The van der Waals surface area contributed by atoms with Crippen LogP contribution in [0.4, 0.5) is 0 Å². The zero-order chi connectivity index (χ0) is 18.0. The van der Waals surface area contributed by atoms with Crippen LogP contribution in [0.5, 0.6) is 0 Å². The molecule has 25 heavy (non-hydrogen) atoms. The summed E-state index contributed by atoms with van der Waals surface area (Å²) in [5, 5.41) is 0. The summed E-state index contributed by atoms with van der Waals surface area (Å²) in [7, 11) is 3.42. The Morgan fingerprint density at radius 1 is 1.24 bits per heavy atom. The minimum Gasteiger partial charge on any atom is -0.383 e. The van der Waals surface area contributed by atoms with Crippen molar-refractivity contribution in [3.05, 3.63) is 35.9 Å². The van der Waals surface area contributed by atoms with E-state index in [4.69, 9.17) is 10.5 Å². The first-order chi connectivity index (χ1) is 12.0. The highest BCUT2D eigenvalue weighted by Gasteiger charge is 2.45. The number of amides is 2.